The van der Waals surface area contributed by atoms with Gasteiger partial charge in [0.2, 0.25) is 0 Å². The molecule has 4 heteroatoms. The lowest BCUT2D eigenvalue weighted by atomic mass is 10.1. The quantitative estimate of drug-likeness (QED) is 0.689. The van der Waals surface area contributed by atoms with E-state index in [9.17, 15) is 4.79 Å². The fourth-order valence-corrected chi connectivity index (χ4v) is 1.69. The van der Waals surface area contributed by atoms with Gasteiger partial charge in [-0.05, 0) is 13.8 Å². The van der Waals surface area contributed by atoms with Crippen molar-refractivity contribution in [3.05, 3.63) is 22.5 Å². The van der Waals surface area contributed by atoms with Gasteiger partial charge in [-0.15, -0.1) is 0 Å². The van der Waals surface area contributed by atoms with Gasteiger partial charge in [0, 0.05) is 24.0 Å². The predicted octanol–water partition coefficient (Wildman–Crippen LogP) is 1.49. The zero-order chi connectivity index (χ0) is 11.6. The number of methoxy groups -OCH3 is 1. The second kappa shape index (κ2) is 4.18. The lowest BCUT2D eigenvalue weighted by Crippen LogP contribution is -2.05. The number of carbonyl (C=O) groups excluding carboxylic acids is 1. The Morgan fingerprint density at radius 1 is 1.47 bits per heavy atom. The monoisotopic (exact) mass is 206 g/mol. The average Bonchev–Trinajstić information content (AvgIpc) is 2.44. The van der Waals surface area contributed by atoms with Crippen LogP contribution in [0, 0.1) is 25.2 Å². The molecule has 1 rings (SSSR count). The smallest absolute Gasteiger partial charge is 0.340 e. The number of carbonyl (C=O) groups is 1. The van der Waals surface area contributed by atoms with Gasteiger partial charge >= 0.3 is 5.97 Å². The van der Waals surface area contributed by atoms with Gasteiger partial charge in [-0.25, -0.2) is 4.79 Å². The molecule has 15 heavy (non-hydrogen) atoms. The summed E-state index contributed by atoms with van der Waals surface area (Å²) < 4.78 is 6.61. The molecule has 0 spiro atoms. The summed E-state index contributed by atoms with van der Waals surface area (Å²) in [5, 5.41) is 8.71. The number of ether oxygens (including phenoxy) is 1. The van der Waals surface area contributed by atoms with Crippen LogP contribution in [-0.2, 0) is 18.2 Å². The van der Waals surface area contributed by atoms with Gasteiger partial charge in [-0.1, -0.05) is 0 Å². The van der Waals surface area contributed by atoms with E-state index in [0.717, 1.165) is 17.0 Å². The van der Waals surface area contributed by atoms with Crippen molar-refractivity contribution in [3.63, 3.8) is 0 Å². The lowest BCUT2D eigenvalue weighted by Gasteiger charge is -2.00. The van der Waals surface area contributed by atoms with Crippen LogP contribution in [0.3, 0.4) is 0 Å². The summed E-state index contributed by atoms with van der Waals surface area (Å²) >= 11 is 0. The van der Waals surface area contributed by atoms with Gasteiger partial charge in [-0.3, -0.25) is 0 Å². The molecule has 1 aromatic rings. The number of hydrogen-bond acceptors (Lipinski definition) is 3. The predicted molar refractivity (Wildman–Crippen MR) is 55.5 cm³/mol. The highest BCUT2D eigenvalue weighted by molar-refractivity contribution is 5.93. The van der Waals surface area contributed by atoms with Crippen LogP contribution in [0.5, 0.6) is 0 Å². The van der Waals surface area contributed by atoms with Crippen LogP contribution in [0.25, 0.3) is 0 Å². The van der Waals surface area contributed by atoms with Crippen LogP contribution in [0.15, 0.2) is 0 Å². The summed E-state index contributed by atoms with van der Waals surface area (Å²) in [4.78, 5) is 11.6. The second-order valence-electron chi connectivity index (χ2n) is 3.41. The fraction of sp³-hybridized carbons (Fsp3) is 0.455. The van der Waals surface area contributed by atoms with Gasteiger partial charge < -0.3 is 9.30 Å². The van der Waals surface area contributed by atoms with Crippen molar-refractivity contribution in [2.45, 2.75) is 20.3 Å². The molecule has 80 valence electrons. The molecule has 0 fully saturated rings. The van der Waals surface area contributed by atoms with Crippen LogP contribution in [0.4, 0.5) is 0 Å². The Labute approximate surface area is 89.1 Å². The Hall–Kier alpha value is -1.76. The molecule has 0 saturated carbocycles. The molecule has 0 aliphatic carbocycles. The highest BCUT2D eigenvalue weighted by atomic mass is 16.5. The number of rotatable bonds is 2. The Bertz CT molecular complexity index is 438. The molecular formula is C11H14N2O2. The summed E-state index contributed by atoms with van der Waals surface area (Å²) in [5.41, 5.74) is 3.07. The molecule has 0 bridgehead atoms. The minimum absolute atomic E-state index is 0.234. The molecule has 0 amide bonds. The largest absolute Gasteiger partial charge is 0.465 e. The molecule has 1 aromatic heterocycles. The zero-order valence-electron chi connectivity index (χ0n) is 9.42. The van der Waals surface area contributed by atoms with E-state index in [4.69, 9.17) is 10.00 Å². The van der Waals surface area contributed by atoms with Crippen LogP contribution < -0.4 is 0 Å². The Morgan fingerprint density at radius 2 is 2.07 bits per heavy atom. The third-order valence-corrected chi connectivity index (χ3v) is 2.75. The minimum atomic E-state index is -0.374. The SMILES string of the molecule is COC(=O)c1c(CC#N)c(C)n(C)c1C. The first-order valence-electron chi connectivity index (χ1n) is 4.64. The standard InChI is InChI=1S/C11H14N2O2/c1-7-9(5-6-12)10(11(14)15-4)8(2)13(7)3/h5H2,1-4H3. The molecule has 0 aromatic carbocycles. The van der Waals surface area contributed by atoms with Crippen molar-refractivity contribution >= 4 is 5.97 Å². The molecule has 0 aliphatic heterocycles. The van der Waals surface area contributed by atoms with E-state index < -0.39 is 0 Å². The topological polar surface area (TPSA) is 55.0 Å². The molecule has 1 heterocycles. The van der Waals surface area contributed by atoms with E-state index in [0.29, 0.717) is 5.56 Å². The van der Waals surface area contributed by atoms with Crippen molar-refractivity contribution in [1.29, 1.82) is 5.26 Å². The average molecular weight is 206 g/mol. The number of aromatic nitrogens is 1. The number of hydrogen-bond donors (Lipinski definition) is 0. The normalized spacial score (nSPS) is 9.80. The number of nitrogens with zero attached hydrogens (tertiary/aromatic N) is 2. The lowest BCUT2D eigenvalue weighted by molar-refractivity contribution is 0.0599. The number of nitriles is 1. The first-order valence-corrected chi connectivity index (χ1v) is 4.64. The van der Waals surface area contributed by atoms with Crippen LogP contribution in [0.2, 0.25) is 0 Å². The van der Waals surface area contributed by atoms with E-state index in [1.807, 2.05) is 25.5 Å². The second-order valence-corrected chi connectivity index (χ2v) is 3.41. The first-order chi connectivity index (χ1) is 7.04. The highest BCUT2D eigenvalue weighted by Crippen LogP contribution is 2.22. The van der Waals surface area contributed by atoms with E-state index >= 15 is 0 Å². The fourth-order valence-electron chi connectivity index (χ4n) is 1.69. The summed E-state index contributed by atoms with van der Waals surface area (Å²) in [6, 6.07) is 2.06. The molecule has 0 aliphatic rings. The summed E-state index contributed by atoms with van der Waals surface area (Å²) in [5.74, 6) is -0.374. The van der Waals surface area contributed by atoms with Gasteiger partial charge in [0.25, 0.3) is 0 Å². The van der Waals surface area contributed by atoms with Crippen molar-refractivity contribution in [3.8, 4) is 6.07 Å². The maximum absolute atomic E-state index is 11.6. The maximum Gasteiger partial charge on any atom is 0.340 e. The summed E-state index contributed by atoms with van der Waals surface area (Å²) in [7, 11) is 3.22. The van der Waals surface area contributed by atoms with Crippen LogP contribution in [-0.4, -0.2) is 17.6 Å². The minimum Gasteiger partial charge on any atom is -0.465 e. The van der Waals surface area contributed by atoms with E-state index in [-0.39, 0.29) is 12.4 Å². The molecule has 0 saturated heterocycles. The molecule has 0 radical (unpaired) electrons. The third-order valence-electron chi connectivity index (χ3n) is 2.75. The molecular weight excluding hydrogens is 192 g/mol. The summed E-state index contributed by atoms with van der Waals surface area (Å²) in [6.45, 7) is 3.74. The van der Waals surface area contributed by atoms with Crippen molar-refractivity contribution < 1.29 is 9.53 Å². The van der Waals surface area contributed by atoms with Gasteiger partial charge in [0.15, 0.2) is 0 Å². The first kappa shape index (κ1) is 11.3. The summed E-state index contributed by atoms with van der Waals surface area (Å²) in [6.07, 6.45) is 0.234. The maximum atomic E-state index is 11.6. The van der Waals surface area contributed by atoms with E-state index in [1.165, 1.54) is 7.11 Å². The Morgan fingerprint density at radius 3 is 2.53 bits per heavy atom. The van der Waals surface area contributed by atoms with E-state index in [2.05, 4.69) is 6.07 Å². The molecule has 0 unspecified atom stereocenters. The van der Waals surface area contributed by atoms with E-state index in [1.54, 1.807) is 0 Å². The van der Waals surface area contributed by atoms with Gasteiger partial charge in [-0.2, -0.15) is 5.26 Å². The zero-order valence-corrected chi connectivity index (χ0v) is 9.42. The molecule has 0 N–H and O–H groups in total. The Balaban J connectivity index is 3.42. The van der Waals surface area contributed by atoms with Gasteiger partial charge in [0.05, 0.1) is 25.2 Å². The molecule has 4 nitrogen and oxygen atoms in total. The van der Waals surface area contributed by atoms with Crippen molar-refractivity contribution in [2.24, 2.45) is 7.05 Å². The molecule has 0 atom stereocenters. The van der Waals surface area contributed by atoms with Gasteiger partial charge in [0.1, 0.15) is 0 Å². The highest BCUT2D eigenvalue weighted by Gasteiger charge is 2.21. The van der Waals surface area contributed by atoms with Crippen LogP contribution in [0.1, 0.15) is 27.3 Å². The van der Waals surface area contributed by atoms with Crippen LogP contribution >= 0.6 is 0 Å². The Kier molecular flexibility index (Phi) is 3.15. The number of esters is 1. The van der Waals surface area contributed by atoms with Crippen molar-refractivity contribution in [2.75, 3.05) is 7.11 Å². The third kappa shape index (κ3) is 1.73. The van der Waals surface area contributed by atoms with Crippen molar-refractivity contribution in [1.82, 2.24) is 4.57 Å².